The number of carboxylic acids is 1. The van der Waals surface area contributed by atoms with Crippen molar-refractivity contribution in [3.63, 3.8) is 0 Å². The monoisotopic (exact) mass is 262 g/mol. The Morgan fingerprint density at radius 1 is 1.37 bits per heavy atom. The van der Waals surface area contributed by atoms with Crippen LogP contribution in [-0.4, -0.2) is 35.3 Å². The summed E-state index contributed by atoms with van der Waals surface area (Å²) in [7, 11) is 3.14. The van der Waals surface area contributed by atoms with Gasteiger partial charge in [-0.05, 0) is 6.42 Å². The highest BCUT2D eigenvalue weighted by Crippen LogP contribution is 2.47. The van der Waals surface area contributed by atoms with Crippen LogP contribution in [0.25, 0.3) is 11.0 Å². The Morgan fingerprint density at radius 2 is 2.05 bits per heavy atom. The van der Waals surface area contributed by atoms with Crippen molar-refractivity contribution in [3.8, 4) is 11.5 Å². The molecule has 0 bridgehead atoms. The highest BCUT2D eigenvalue weighted by atomic mass is 16.5. The maximum atomic E-state index is 10.9. The first-order valence-corrected chi connectivity index (χ1v) is 5.98. The Labute approximate surface area is 109 Å². The molecule has 3 rings (SSSR count). The fourth-order valence-corrected chi connectivity index (χ4v) is 2.30. The quantitative estimate of drug-likeness (QED) is 0.877. The summed E-state index contributed by atoms with van der Waals surface area (Å²) in [6, 6.07) is 3.59. The normalized spacial score (nSPS) is 21.4. The van der Waals surface area contributed by atoms with E-state index in [1.165, 1.54) is 0 Å². The molecule has 1 saturated carbocycles. The van der Waals surface area contributed by atoms with Crippen LogP contribution in [0, 0.1) is 5.92 Å². The molecule has 1 fully saturated rings. The largest absolute Gasteiger partial charge is 0.493 e. The molecule has 6 heteroatoms. The number of hydrogen-bond donors (Lipinski definition) is 2. The van der Waals surface area contributed by atoms with E-state index >= 15 is 0 Å². The van der Waals surface area contributed by atoms with E-state index in [4.69, 9.17) is 14.6 Å². The molecule has 1 aromatic carbocycles. The Hall–Kier alpha value is -2.24. The van der Waals surface area contributed by atoms with Crippen molar-refractivity contribution in [2.24, 2.45) is 5.92 Å². The van der Waals surface area contributed by atoms with Gasteiger partial charge < -0.3 is 19.6 Å². The van der Waals surface area contributed by atoms with Gasteiger partial charge in [-0.15, -0.1) is 0 Å². The van der Waals surface area contributed by atoms with Crippen molar-refractivity contribution in [1.82, 2.24) is 9.97 Å². The Balaban J connectivity index is 1.99. The zero-order valence-electron chi connectivity index (χ0n) is 10.6. The summed E-state index contributed by atoms with van der Waals surface area (Å²) >= 11 is 0. The molecule has 2 aromatic rings. The number of aromatic nitrogens is 2. The van der Waals surface area contributed by atoms with Gasteiger partial charge in [-0.3, -0.25) is 4.79 Å². The second-order valence-corrected chi connectivity index (χ2v) is 4.63. The molecule has 1 aliphatic rings. The zero-order valence-corrected chi connectivity index (χ0v) is 10.6. The summed E-state index contributed by atoms with van der Waals surface area (Å²) in [5, 5.41) is 8.94. The van der Waals surface area contributed by atoms with Crippen LogP contribution in [0.5, 0.6) is 11.5 Å². The van der Waals surface area contributed by atoms with Gasteiger partial charge >= 0.3 is 5.97 Å². The summed E-state index contributed by atoms with van der Waals surface area (Å²) in [4.78, 5) is 18.5. The van der Waals surface area contributed by atoms with Crippen LogP contribution in [0.3, 0.4) is 0 Å². The van der Waals surface area contributed by atoms with Gasteiger partial charge in [0.25, 0.3) is 0 Å². The van der Waals surface area contributed by atoms with Gasteiger partial charge in [0.1, 0.15) is 5.82 Å². The van der Waals surface area contributed by atoms with Gasteiger partial charge in [-0.25, -0.2) is 4.98 Å². The predicted octanol–water partition coefficient (Wildman–Crippen LogP) is 1.77. The van der Waals surface area contributed by atoms with E-state index in [9.17, 15) is 4.79 Å². The lowest BCUT2D eigenvalue weighted by atomic mass is 10.3. The van der Waals surface area contributed by atoms with Crippen molar-refractivity contribution in [3.05, 3.63) is 18.0 Å². The van der Waals surface area contributed by atoms with E-state index in [1.54, 1.807) is 20.3 Å². The van der Waals surface area contributed by atoms with Crippen LogP contribution < -0.4 is 9.47 Å². The molecule has 1 heterocycles. The minimum atomic E-state index is -0.763. The number of benzene rings is 1. The molecule has 6 nitrogen and oxygen atoms in total. The average molecular weight is 262 g/mol. The number of carboxylic acid groups (broad SMARTS) is 1. The zero-order chi connectivity index (χ0) is 13.6. The molecule has 0 radical (unpaired) electrons. The van der Waals surface area contributed by atoms with Crippen LogP contribution in [0.15, 0.2) is 12.1 Å². The number of nitrogens with one attached hydrogen (secondary N) is 1. The number of ether oxygens (including phenoxy) is 2. The summed E-state index contributed by atoms with van der Waals surface area (Å²) in [5.74, 6) is 0.860. The molecule has 1 aliphatic carbocycles. The van der Waals surface area contributed by atoms with Gasteiger partial charge in [0.05, 0.1) is 31.2 Å². The van der Waals surface area contributed by atoms with Crippen molar-refractivity contribution in [1.29, 1.82) is 0 Å². The first-order chi connectivity index (χ1) is 9.13. The summed E-state index contributed by atoms with van der Waals surface area (Å²) in [5.41, 5.74) is 1.58. The number of methoxy groups -OCH3 is 2. The molecule has 2 unspecified atom stereocenters. The first-order valence-electron chi connectivity index (χ1n) is 5.98. The first kappa shape index (κ1) is 11.8. The lowest BCUT2D eigenvalue weighted by molar-refractivity contribution is -0.138. The topological polar surface area (TPSA) is 84.4 Å². The lowest BCUT2D eigenvalue weighted by Gasteiger charge is -2.06. The number of aromatic amines is 1. The van der Waals surface area contributed by atoms with Crippen LogP contribution in [0.1, 0.15) is 18.2 Å². The molecule has 2 atom stereocenters. The average Bonchev–Trinajstić information content (AvgIpc) is 3.11. The number of nitrogens with zero attached hydrogens (tertiary/aromatic N) is 1. The molecular formula is C13H14N2O4. The fourth-order valence-electron chi connectivity index (χ4n) is 2.30. The number of imidazole rings is 1. The minimum Gasteiger partial charge on any atom is -0.493 e. The third-order valence-electron chi connectivity index (χ3n) is 3.46. The number of aliphatic carboxylic acids is 1. The molecule has 1 aromatic heterocycles. The predicted molar refractivity (Wildman–Crippen MR) is 67.7 cm³/mol. The third-order valence-corrected chi connectivity index (χ3v) is 3.46. The molecule has 0 aliphatic heterocycles. The van der Waals surface area contributed by atoms with E-state index in [2.05, 4.69) is 9.97 Å². The van der Waals surface area contributed by atoms with Gasteiger partial charge in [0.15, 0.2) is 11.5 Å². The summed E-state index contributed by atoms with van der Waals surface area (Å²) in [6.45, 7) is 0. The fraction of sp³-hybridized carbons (Fsp3) is 0.385. The standard InChI is InChI=1S/C13H14N2O4/c1-18-10-4-8-9(5-11(10)19-2)15-12(14-8)6-3-7(6)13(16)17/h4-7H,3H2,1-2H3,(H,14,15)(H,16,17). The van der Waals surface area contributed by atoms with Gasteiger partial charge in [-0.1, -0.05) is 0 Å². The molecule has 19 heavy (non-hydrogen) atoms. The number of hydrogen-bond acceptors (Lipinski definition) is 4. The Morgan fingerprint density at radius 3 is 2.63 bits per heavy atom. The van der Waals surface area contributed by atoms with Crippen LogP contribution in [0.2, 0.25) is 0 Å². The van der Waals surface area contributed by atoms with Crippen molar-refractivity contribution >= 4 is 17.0 Å². The molecule has 100 valence electrons. The minimum absolute atomic E-state index is 0.0121. The number of carbonyl (C=O) groups is 1. The molecular weight excluding hydrogens is 248 g/mol. The van der Waals surface area contributed by atoms with Gasteiger partial charge in [-0.2, -0.15) is 0 Å². The van der Waals surface area contributed by atoms with E-state index in [1.807, 2.05) is 6.07 Å². The van der Waals surface area contributed by atoms with E-state index in [0.29, 0.717) is 17.9 Å². The molecule has 0 amide bonds. The lowest BCUT2D eigenvalue weighted by Crippen LogP contribution is -1.99. The SMILES string of the molecule is COc1cc2nc(C3CC3C(=O)O)[nH]c2cc1OC. The summed E-state index contributed by atoms with van der Waals surface area (Å²) in [6.07, 6.45) is 0.642. The van der Waals surface area contributed by atoms with Gasteiger partial charge in [0.2, 0.25) is 0 Å². The highest BCUT2D eigenvalue weighted by Gasteiger charge is 2.46. The number of fused-ring (bicyclic) bond motifs is 1. The second-order valence-electron chi connectivity index (χ2n) is 4.63. The van der Waals surface area contributed by atoms with Crippen molar-refractivity contribution in [2.45, 2.75) is 12.3 Å². The second kappa shape index (κ2) is 4.15. The van der Waals surface area contributed by atoms with Crippen molar-refractivity contribution in [2.75, 3.05) is 14.2 Å². The number of H-pyrrole nitrogens is 1. The molecule has 0 saturated heterocycles. The van der Waals surface area contributed by atoms with Crippen molar-refractivity contribution < 1.29 is 19.4 Å². The van der Waals surface area contributed by atoms with Crippen LogP contribution >= 0.6 is 0 Å². The van der Waals surface area contributed by atoms with Crippen LogP contribution in [-0.2, 0) is 4.79 Å². The smallest absolute Gasteiger partial charge is 0.307 e. The van der Waals surface area contributed by atoms with Crippen LogP contribution in [0.4, 0.5) is 0 Å². The number of rotatable bonds is 4. The van der Waals surface area contributed by atoms with E-state index < -0.39 is 5.97 Å². The van der Waals surface area contributed by atoms with E-state index in [-0.39, 0.29) is 11.8 Å². The van der Waals surface area contributed by atoms with E-state index in [0.717, 1.165) is 16.9 Å². The van der Waals surface area contributed by atoms with Gasteiger partial charge in [0, 0.05) is 18.1 Å². The Bertz CT molecular complexity index is 608. The highest BCUT2D eigenvalue weighted by molar-refractivity contribution is 5.81. The summed E-state index contributed by atoms with van der Waals surface area (Å²) < 4.78 is 10.4. The third kappa shape index (κ3) is 1.89. The molecule has 0 spiro atoms. The maximum absolute atomic E-state index is 10.9. The maximum Gasteiger partial charge on any atom is 0.307 e. The molecule has 2 N–H and O–H groups in total. The Kier molecular flexibility index (Phi) is 2.58.